The van der Waals surface area contributed by atoms with Gasteiger partial charge in [-0.3, -0.25) is 4.68 Å². The molecule has 2 N–H and O–H groups in total. The lowest BCUT2D eigenvalue weighted by Crippen LogP contribution is -2.00. The van der Waals surface area contributed by atoms with Gasteiger partial charge in [0.2, 0.25) is 0 Å². The Bertz CT molecular complexity index is 663. The quantitative estimate of drug-likeness (QED) is 0.946. The highest BCUT2D eigenvalue weighted by molar-refractivity contribution is 6.31. The predicted octanol–water partition coefficient (Wildman–Crippen LogP) is 3.18. The first-order valence-electron chi connectivity index (χ1n) is 6.89. The molecule has 112 valence electrons. The molecular weight excluding hydrogens is 290 g/mol. The number of benzene rings is 1. The summed E-state index contributed by atoms with van der Waals surface area (Å²) in [5.41, 5.74) is 8.78. The minimum absolute atomic E-state index is 0.0211. The molecule has 0 spiro atoms. The Kier molecular flexibility index (Phi) is 3.78. The number of ether oxygens (including phenoxy) is 2. The SMILES string of the molecule is COc1ccc(Cl)cc1-c1c(C2CCCO2)nn(C)c1N. The van der Waals surface area contributed by atoms with Crippen molar-refractivity contribution in [1.82, 2.24) is 9.78 Å². The summed E-state index contributed by atoms with van der Waals surface area (Å²) in [6.07, 6.45) is 1.96. The summed E-state index contributed by atoms with van der Waals surface area (Å²) in [5, 5.41) is 5.17. The van der Waals surface area contributed by atoms with Crippen LogP contribution in [-0.4, -0.2) is 23.5 Å². The highest BCUT2D eigenvalue weighted by atomic mass is 35.5. The average molecular weight is 308 g/mol. The number of aryl methyl sites for hydroxylation is 1. The van der Waals surface area contributed by atoms with Crippen molar-refractivity contribution >= 4 is 17.4 Å². The second kappa shape index (κ2) is 5.58. The third kappa shape index (κ3) is 2.47. The molecule has 1 fully saturated rings. The van der Waals surface area contributed by atoms with Crippen molar-refractivity contribution in [3.63, 3.8) is 0 Å². The largest absolute Gasteiger partial charge is 0.496 e. The van der Waals surface area contributed by atoms with E-state index < -0.39 is 0 Å². The highest BCUT2D eigenvalue weighted by Crippen LogP contribution is 2.42. The van der Waals surface area contributed by atoms with Crippen LogP contribution in [0.25, 0.3) is 11.1 Å². The van der Waals surface area contributed by atoms with Gasteiger partial charge in [-0.15, -0.1) is 0 Å². The maximum Gasteiger partial charge on any atom is 0.129 e. The molecule has 1 aromatic carbocycles. The molecule has 2 aromatic rings. The number of rotatable bonds is 3. The lowest BCUT2D eigenvalue weighted by Gasteiger charge is -2.13. The Hall–Kier alpha value is -1.72. The van der Waals surface area contributed by atoms with Crippen molar-refractivity contribution < 1.29 is 9.47 Å². The molecule has 0 aliphatic carbocycles. The summed E-state index contributed by atoms with van der Waals surface area (Å²) in [6.45, 7) is 0.757. The van der Waals surface area contributed by atoms with E-state index in [4.69, 9.17) is 26.8 Å². The van der Waals surface area contributed by atoms with Crippen LogP contribution < -0.4 is 10.5 Å². The number of hydrogen-bond donors (Lipinski definition) is 1. The third-order valence-corrected chi connectivity index (χ3v) is 4.02. The Balaban J connectivity index is 2.19. The molecule has 21 heavy (non-hydrogen) atoms. The summed E-state index contributed by atoms with van der Waals surface area (Å²) < 4.78 is 12.9. The average Bonchev–Trinajstić information content (AvgIpc) is 3.08. The van der Waals surface area contributed by atoms with E-state index in [2.05, 4.69) is 5.10 Å². The fraction of sp³-hybridized carbons (Fsp3) is 0.400. The summed E-state index contributed by atoms with van der Waals surface area (Å²) >= 11 is 6.14. The number of aromatic nitrogens is 2. The third-order valence-electron chi connectivity index (χ3n) is 3.78. The van der Waals surface area contributed by atoms with E-state index in [-0.39, 0.29) is 6.10 Å². The van der Waals surface area contributed by atoms with Crippen LogP contribution in [0.5, 0.6) is 5.75 Å². The molecule has 0 saturated carbocycles. The lowest BCUT2D eigenvalue weighted by molar-refractivity contribution is 0.108. The van der Waals surface area contributed by atoms with Gasteiger partial charge in [-0.1, -0.05) is 11.6 Å². The molecular formula is C15H18ClN3O2. The smallest absolute Gasteiger partial charge is 0.129 e. The molecule has 1 aliphatic rings. The van der Waals surface area contributed by atoms with Gasteiger partial charge in [0, 0.05) is 24.2 Å². The Morgan fingerprint density at radius 3 is 2.95 bits per heavy atom. The first-order chi connectivity index (χ1) is 10.1. The van der Waals surface area contributed by atoms with Gasteiger partial charge >= 0.3 is 0 Å². The number of nitrogens with zero attached hydrogens (tertiary/aromatic N) is 2. The number of hydrogen-bond acceptors (Lipinski definition) is 4. The fourth-order valence-electron chi connectivity index (χ4n) is 2.73. The zero-order valence-electron chi connectivity index (χ0n) is 12.1. The Labute approximate surface area is 128 Å². The Morgan fingerprint density at radius 2 is 2.29 bits per heavy atom. The van der Waals surface area contributed by atoms with Gasteiger partial charge in [-0.05, 0) is 31.0 Å². The first-order valence-corrected chi connectivity index (χ1v) is 7.27. The number of nitrogen functional groups attached to an aromatic ring is 1. The normalized spacial score (nSPS) is 18.1. The first kappa shape index (κ1) is 14.2. The molecule has 0 bridgehead atoms. The summed E-state index contributed by atoms with van der Waals surface area (Å²) in [4.78, 5) is 0. The van der Waals surface area contributed by atoms with Gasteiger partial charge in [0.25, 0.3) is 0 Å². The van der Waals surface area contributed by atoms with Crippen LogP contribution in [0, 0.1) is 0 Å². The number of anilines is 1. The van der Waals surface area contributed by atoms with Gasteiger partial charge in [0.05, 0.1) is 12.7 Å². The molecule has 1 unspecified atom stereocenters. The second-order valence-corrected chi connectivity index (χ2v) is 5.55. The summed E-state index contributed by atoms with van der Waals surface area (Å²) in [7, 11) is 3.46. The highest BCUT2D eigenvalue weighted by Gasteiger charge is 2.28. The maximum atomic E-state index is 6.22. The molecule has 3 rings (SSSR count). The molecule has 5 nitrogen and oxygen atoms in total. The van der Waals surface area contributed by atoms with E-state index in [9.17, 15) is 0 Å². The van der Waals surface area contributed by atoms with Crippen LogP contribution in [-0.2, 0) is 11.8 Å². The summed E-state index contributed by atoms with van der Waals surface area (Å²) in [5.74, 6) is 1.31. The van der Waals surface area contributed by atoms with Gasteiger partial charge in [-0.2, -0.15) is 5.10 Å². The van der Waals surface area contributed by atoms with Gasteiger partial charge in [-0.25, -0.2) is 0 Å². The lowest BCUT2D eigenvalue weighted by atomic mass is 10.0. The molecule has 1 aromatic heterocycles. The van der Waals surface area contributed by atoms with Crippen molar-refractivity contribution in [3.8, 4) is 16.9 Å². The van der Waals surface area contributed by atoms with Crippen LogP contribution in [0.15, 0.2) is 18.2 Å². The van der Waals surface area contributed by atoms with Crippen molar-refractivity contribution in [1.29, 1.82) is 0 Å². The van der Waals surface area contributed by atoms with E-state index >= 15 is 0 Å². The maximum absolute atomic E-state index is 6.22. The van der Waals surface area contributed by atoms with Crippen molar-refractivity contribution in [3.05, 3.63) is 28.9 Å². The minimum atomic E-state index is -0.0211. The van der Waals surface area contributed by atoms with E-state index in [0.717, 1.165) is 42.0 Å². The fourth-order valence-corrected chi connectivity index (χ4v) is 2.90. The van der Waals surface area contributed by atoms with Crippen LogP contribution in [0.4, 0.5) is 5.82 Å². The van der Waals surface area contributed by atoms with Crippen molar-refractivity contribution in [2.75, 3.05) is 19.5 Å². The number of nitrogens with two attached hydrogens (primary N) is 1. The van der Waals surface area contributed by atoms with Gasteiger partial charge in [0.1, 0.15) is 23.4 Å². The van der Waals surface area contributed by atoms with Crippen LogP contribution >= 0.6 is 11.6 Å². The standard InChI is InChI=1S/C15H18ClN3O2/c1-19-15(17)13(14(18-19)12-4-3-7-21-12)10-8-9(16)5-6-11(10)20-2/h5-6,8,12H,3-4,7,17H2,1-2H3. The Morgan fingerprint density at radius 1 is 1.48 bits per heavy atom. The van der Waals surface area contributed by atoms with E-state index in [1.807, 2.05) is 19.2 Å². The van der Waals surface area contributed by atoms with E-state index in [0.29, 0.717) is 10.8 Å². The second-order valence-electron chi connectivity index (χ2n) is 5.12. The molecule has 2 heterocycles. The molecule has 1 saturated heterocycles. The zero-order chi connectivity index (χ0) is 15.0. The minimum Gasteiger partial charge on any atom is -0.496 e. The molecule has 0 amide bonds. The van der Waals surface area contributed by atoms with Crippen LogP contribution in [0.3, 0.4) is 0 Å². The summed E-state index contributed by atoms with van der Waals surface area (Å²) in [6, 6.07) is 5.48. The van der Waals surface area contributed by atoms with Crippen molar-refractivity contribution in [2.24, 2.45) is 7.05 Å². The van der Waals surface area contributed by atoms with Crippen molar-refractivity contribution in [2.45, 2.75) is 18.9 Å². The molecule has 1 aliphatic heterocycles. The van der Waals surface area contributed by atoms with E-state index in [1.165, 1.54) is 0 Å². The molecule has 0 radical (unpaired) electrons. The van der Waals surface area contributed by atoms with Crippen LogP contribution in [0.2, 0.25) is 5.02 Å². The topological polar surface area (TPSA) is 62.3 Å². The van der Waals surface area contributed by atoms with Crippen LogP contribution in [0.1, 0.15) is 24.6 Å². The zero-order valence-corrected chi connectivity index (χ0v) is 12.9. The number of methoxy groups -OCH3 is 1. The van der Waals surface area contributed by atoms with Gasteiger partial charge < -0.3 is 15.2 Å². The number of halogens is 1. The molecule has 1 atom stereocenters. The predicted molar refractivity (Wildman–Crippen MR) is 82.5 cm³/mol. The monoisotopic (exact) mass is 307 g/mol. The van der Waals surface area contributed by atoms with Gasteiger partial charge in [0.15, 0.2) is 0 Å². The molecule has 6 heteroatoms. The van der Waals surface area contributed by atoms with E-state index in [1.54, 1.807) is 17.9 Å².